The van der Waals surface area contributed by atoms with Crippen molar-refractivity contribution < 1.29 is 10.2 Å². The van der Waals surface area contributed by atoms with Crippen molar-refractivity contribution in [3.05, 3.63) is 11.6 Å². The molecule has 4 aliphatic carbocycles. The number of fused-ring (bicyclic) bond motifs is 5. The van der Waals surface area contributed by atoms with Crippen LogP contribution in [0.4, 0.5) is 0 Å². The van der Waals surface area contributed by atoms with Gasteiger partial charge in [0.25, 0.3) is 0 Å². The fourth-order valence-electron chi connectivity index (χ4n) is 8.13. The minimum atomic E-state index is -0.589. The number of aliphatic hydroxyl groups excluding tert-OH is 1. The standard InChI is InChI=1S/C24H40O2/c1-21(2)15-23(4)17(14-24(21,5)26)6-8-18-19-9-7-16(11-13-25)22(19,3)12-10-20(18)23/h6,16,18-20,25-26H,7-15H2,1-5H3/t16-,18+,19+,20+,22-,23+,24?/m1/s1. The van der Waals surface area contributed by atoms with Crippen LogP contribution in [0.25, 0.3) is 0 Å². The molecule has 0 saturated heterocycles. The third-order valence-corrected chi connectivity index (χ3v) is 10.1. The molecule has 0 aromatic heterocycles. The van der Waals surface area contributed by atoms with Gasteiger partial charge in [-0.2, -0.15) is 0 Å². The molecule has 0 heterocycles. The second-order valence-electron chi connectivity index (χ2n) is 11.6. The van der Waals surface area contributed by atoms with E-state index in [0.717, 1.165) is 42.9 Å². The van der Waals surface area contributed by atoms with E-state index >= 15 is 0 Å². The van der Waals surface area contributed by atoms with E-state index in [0.29, 0.717) is 12.0 Å². The summed E-state index contributed by atoms with van der Waals surface area (Å²) in [5.41, 5.74) is 1.65. The zero-order valence-corrected chi connectivity index (χ0v) is 17.6. The number of hydrogen-bond acceptors (Lipinski definition) is 2. The molecule has 4 aliphatic rings. The van der Waals surface area contributed by atoms with Gasteiger partial charge in [0.2, 0.25) is 0 Å². The Kier molecular flexibility index (Phi) is 4.26. The van der Waals surface area contributed by atoms with Gasteiger partial charge in [-0.05, 0) is 98.2 Å². The van der Waals surface area contributed by atoms with E-state index in [4.69, 9.17) is 0 Å². The summed E-state index contributed by atoms with van der Waals surface area (Å²) in [6.45, 7) is 12.0. The van der Waals surface area contributed by atoms with Crippen LogP contribution in [-0.2, 0) is 0 Å². The highest BCUT2D eigenvalue weighted by molar-refractivity contribution is 5.29. The van der Waals surface area contributed by atoms with E-state index in [2.05, 4.69) is 33.8 Å². The number of aliphatic hydroxyl groups is 2. The number of rotatable bonds is 2. The molecular weight excluding hydrogens is 320 g/mol. The molecule has 0 amide bonds. The van der Waals surface area contributed by atoms with E-state index in [1.54, 1.807) is 5.57 Å². The molecule has 148 valence electrons. The van der Waals surface area contributed by atoms with Gasteiger partial charge in [0, 0.05) is 6.61 Å². The van der Waals surface area contributed by atoms with Crippen LogP contribution in [0.2, 0.25) is 0 Å². The molecule has 0 aromatic rings. The van der Waals surface area contributed by atoms with E-state index < -0.39 is 5.60 Å². The minimum absolute atomic E-state index is 0.0309. The quantitative estimate of drug-likeness (QED) is 0.653. The summed E-state index contributed by atoms with van der Waals surface area (Å²) >= 11 is 0. The first-order chi connectivity index (χ1) is 12.1. The van der Waals surface area contributed by atoms with Crippen molar-refractivity contribution in [3.63, 3.8) is 0 Å². The molecule has 2 heteroatoms. The smallest absolute Gasteiger partial charge is 0.0707 e. The molecule has 1 unspecified atom stereocenters. The fraction of sp³-hybridized carbons (Fsp3) is 0.917. The van der Waals surface area contributed by atoms with Gasteiger partial charge in [-0.25, -0.2) is 0 Å². The Labute approximate surface area is 160 Å². The summed E-state index contributed by atoms with van der Waals surface area (Å²) in [4.78, 5) is 0. The maximum atomic E-state index is 11.1. The zero-order chi connectivity index (χ0) is 19.0. The Hall–Kier alpha value is -0.340. The molecule has 7 atom stereocenters. The molecular formula is C24H40O2. The van der Waals surface area contributed by atoms with Crippen molar-refractivity contribution in [1.82, 2.24) is 0 Å². The predicted octanol–water partition coefficient (Wildman–Crippen LogP) is 5.33. The molecule has 3 fully saturated rings. The lowest BCUT2D eigenvalue weighted by Crippen LogP contribution is -2.57. The fourth-order valence-corrected chi connectivity index (χ4v) is 8.13. The first-order valence-electron chi connectivity index (χ1n) is 11.1. The summed E-state index contributed by atoms with van der Waals surface area (Å²) in [7, 11) is 0. The van der Waals surface area contributed by atoms with Gasteiger partial charge < -0.3 is 10.2 Å². The summed E-state index contributed by atoms with van der Waals surface area (Å²) in [5, 5.41) is 20.6. The average molecular weight is 361 g/mol. The van der Waals surface area contributed by atoms with Gasteiger partial charge in [0.05, 0.1) is 5.60 Å². The first-order valence-corrected chi connectivity index (χ1v) is 11.1. The van der Waals surface area contributed by atoms with Crippen LogP contribution < -0.4 is 0 Å². The Bertz CT molecular complexity index is 603. The Morgan fingerprint density at radius 1 is 1.04 bits per heavy atom. The predicted molar refractivity (Wildman–Crippen MR) is 107 cm³/mol. The highest BCUT2D eigenvalue weighted by atomic mass is 16.3. The van der Waals surface area contributed by atoms with Gasteiger partial charge >= 0.3 is 0 Å². The summed E-state index contributed by atoms with van der Waals surface area (Å²) in [6.07, 6.45) is 12.1. The molecule has 0 aromatic carbocycles. The molecule has 0 radical (unpaired) electrons. The molecule has 0 bridgehead atoms. The Morgan fingerprint density at radius 2 is 1.77 bits per heavy atom. The molecule has 0 spiro atoms. The van der Waals surface area contributed by atoms with E-state index in [-0.39, 0.29) is 10.8 Å². The maximum absolute atomic E-state index is 11.1. The van der Waals surface area contributed by atoms with Gasteiger partial charge in [-0.1, -0.05) is 39.3 Å². The van der Waals surface area contributed by atoms with Crippen LogP contribution in [0.15, 0.2) is 11.6 Å². The molecule has 2 N–H and O–H groups in total. The van der Waals surface area contributed by atoms with Gasteiger partial charge in [0.15, 0.2) is 0 Å². The monoisotopic (exact) mass is 360 g/mol. The second kappa shape index (κ2) is 5.83. The van der Waals surface area contributed by atoms with Gasteiger partial charge in [0.1, 0.15) is 0 Å². The molecule has 0 aliphatic heterocycles. The topological polar surface area (TPSA) is 40.5 Å². The maximum Gasteiger partial charge on any atom is 0.0707 e. The third kappa shape index (κ3) is 2.43. The van der Waals surface area contributed by atoms with Crippen LogP contribution in [-0.4, -0.2) is 22.4 Å². The van der Waals surface area contributed by atoms with Crippen molar-refractivity contribution in [1.29, 1.82) is 0 Å². The van der Waals surface area contributed by atoms with Crippen molar-refractivity contribution in [3.8, 4) is 0 Å². The van der Waals surface area contributed by atoms with Crippen molar-refractivity contribution in [2.24, 2.45) is 39.9 Å². The van der Waals surface area contributed by atoms with E-state index in [1.165, 1.54) is 32.1 Å². The molecule has 3 saturated carbocycles. The summed E-state index contributed by atoms with van der Waals surface area (Å²) in [5.74, 6) is 3.15. The van der Waals surface area contributed by atoms with Crippen molar-refractivity contribution >= 4 is 0 Å². The highest BCUT2D eigenvalue weighted by Crippen LogP contribution is 2.68. The van der Waals surface area contributed by atoms with Crippen molar-refractivity contribution in [2.45, 2.75) is 91.6 Å². The number of allylic oxidation sites excluding steroid dienone is 1. The molecule has 4 rings (SSSR count). The highest BCUT2D eigenvalue weighted by Gasteiger charge is 2.61. The van der Waals surface area contributed by atoms with Crippen LogP contribution in [0.1, 0.15) is 86.0 Å². The van der Waals surface area contributed by atoms with E-state index in [1.807, 2.05) is 6.92 Å². The summed E-state index contributed by atoms with van der Waals surface area (Å²) < 4.78 is 0. The SMILES string of the molecule is CC1(C)C[C@@]2(C)C(=CC[C@H]3[C@@H]4CC[C@H](CCO)[C@@]4(C)CC[C@@H]32)CC1(C)O. The zero-order valence-electron chi connectivity index (χ0n) is 17.6. The van der Waals surface area contributed by atoms with Gasteiger partial charge in [-0.15, -0.1) is 0 Å². The Morgan fingerprint density at radius 3 is 2.46 bits per heavy atom. The lowest BCUT2D eigenvalue weighted by molar-refractivity contribution is -0.127. The van der Waals surface area contributed by atoms with Crippen molar-refractivity contribution in [2.75, 3.05) is 6.61 Å². The average Bonchev–Trinajstić information content (AvgIpc) is 2.86. The van der Waals surface area contributed by atoms with Gasteiger partial charge in [-0.3, -0.25) is 0 Å². The Balaban J connectivity index is 1.66. The van der Waals surface area contributed by atoms with Crippen LogP contribution >= 0.6 is 0 Å². The third-order valence-electron chi connectivity index (χ3n) is 10.1. The van der Waals surface area contributed by atoms with Crippen LogP contribution in [0.5, 0.6) is 0 Å². The second-order valence-corrected chi connectivity index (χ2v) is 11.6. The van der Waals surface area contributed by atoms with E-state index in [9.17, 15) is 10.2 Å². The molecule has 2 nitrogen and oxygen atoms in total. The lowest BCUT2D eigenvalue weighted by Gasteiger charge is -2.62. The first kappa shape index (κ1) is 19.0. The summed E-state index contributed by atoms with van der Waals surface area (Å²) in [6, 6.07) is 0. The lowest BCUT2D eigenvalue weighted by atomic mass is 9.43. The molecule has 26 heavy (non-hydrogen) atoms. The van der Waals surface area contributed by atoms with Crippen LogP contribution in [0.3, 0.4) is 0 Å². The van der Waals surface area contributed by atoms with Crippen LogP contribution in [0, 0.1) is 39.9 Å². The minimum Gasteiger partial charge on any atom is -0.396 e. The normalized spacial score (nSPS) is 52.7. The largest absolute Gasteiger partial charge is 0.396 e. The number of hydrogen-bond donors (Lipinski definition) is 2.